The Morgan fingerprint density at radius 2 is 2.06 bits per heavy atom. The number of methoxy groups -OCH3 is 1. The Labute approximate surface area is 99.9 Å². The van der Waals surface area contributed by atoms with E-state index < -0.39 is 6.09 Å². The van der Waals surface area contributed by atoms with Crippen LogP contribution >= 0.6 is 0 Å². The van der Waals surface area contributed by atoms with Gasteiger partial charge in [0.15, 0.2) is 5.96 Å². The SMILES string of the molecule is CN=C(N)NCc1ccc(NC(=O)OC)cc1. The maximum atomic E-state index is 10.9. The molecule has 6 nitrogen and oxygen atoms in total. The first-order valence-electron chi connectivity index (χ1n) is 5.05. The molecule has 0 saturated heterocycles. The van der Waals surface area contributed by atoms with E-state index >= 15 is 0 Å². The van der Waals surface area contributed by atoms with Crippen LogP contribution in [0.15, 0.2) is 29.3 Å². The smallest absolute Gasteiger partial charge is 0.411 e. The van der Waals surface area contributed by atoms with Crippen molar-refractivity contribution in [1.29, 1.82) is 0 Å². The molecule has 17 heavy (non-hydrogen) atoms. The van der Waals surface area contributed by atoms with Crippen molar-refractivity contribution in [2.75, 3.05) is 19.5 Å². The normalized spacial score (nSPS) is 10.8. The van der Waals surface area contributed by atoms with Crippen molar-refractivity contribution in [2.24, 2.45) is 10.7 Å². The summed E-state index contributed by atoms with van der Waals surface area (Å²) in [5.41, 5.74) is 7.21. The van der Waals surface area contributed by atoms with Crippen LogP contribution in [0.3, 0.4) is 0 Å². The van der Waals surface area contributed by atoms with Crippen LogP contribution in [0.1, 0.15) is 5.56 Å². The van der Waals surface area contributed by atoms with Crippen LogP contribution in [-0.2, 0) is 11.3 Å². The highest BCUT2D eigenvalue weighted by atomic mass is 16.5. The summed E-state index contributed by atoms with van der Waals surface area (Å²) in [6, 6.07) is 7.32. The number of rotatable bonds is 3. The molecule has 1 aromatic carbocycles. The summed E-state index contributed by atoms with van der Waals surface area (Å²) >= 11 is 0. The molecule has 1 aromatic rings. The van der Waals surface area contributed by atoms with Crippen LogP contribution in [0.25, 0.3) is 0 Å². The average molecular weight is 236 g/mol. The zero-order chi connectivity index (χ0) is 12.7. The van der Waals surface area contributed by atoms with Crippen LogP contribution in [-0.4, -0.2) is 26.2 Å². The van der Waals surface area contributed by atoms with E-state index in [2.05, 4.69) is 20.4 Å². The van der Waals surface area contributed by atoms with E-state index in [4.69, 9.17) is 5.73 Å². The Bertz CT molecular complexity index is 400. The molecule has 0 aliphatic rings. The molecule has 6 heteroatoms. The summed E-state index contributed by atoms with van der Waals surface area (Å²) < 4.78 is 4.48. The molecule has 0 bridgehead atoms. The molecule has 1 amide bonds. The Kier molecular flexibility index (Phi) is 4.80. The van der Waals surface area contributed by atoms with Crippen LogP contribution in [0, 0.1) is 0 Å². The number of hydrogen-bond acceptors (Lipinski definition) is 3. The van der Waals surface area contributed by atoms with Crippen LogP contribution < -0.4 is 16.4 Å². The number of carbonyl (C=O) groups excluding carboxylic acids is 1. The van der Waals surface area contributed by atoms with Gasteiger partial charge in [0.2, 0.25) is 0 Å². The van der Waals surface area contributed by atoms with Crippen molar-refractivity contribution in [3.05, 3.63) is 29.8 Å². The number of carbonyl (C=O) groups is 1. The minimum Gasteiger partial charge on any atom is -0.453 e. The number of nitrogens with two attached hydrogens (primary N) is 1. The van der Waals surface area contributed by atoms with E-state index in [1.165, 1.54) is 7.11 Å². The molecule has 0 atom stereocenters. The predicted molar refractivity (Wildman–Crippen MR) is 66.9 cm³/mol. The zero-order valence-corrected chi connectivity index (χ0v) is 9.86. The van der Waals surface area contributed by atoms with E-state index in [9.17, 15) is 4.79 Å². The lowest BCUT2D eigenvalue weighted by Crippen LogP contribution is -2.30. The fourth-order valence-corrected chi connectivity index (χ4v) is 1.15. The van der Waals surface area contributed by atoms with Gasteiger partial charge in [-0.05, 0) is 17.7 Å². The maximum Gasteiger partial charge on any atom is 0.411 e. The van der Waals surface area contributed by atoms with Crippen LogP contribution in [0.2, 0.25) is 0 Å². The molecule has 4 N–H and O–H groups in total. The number of hydrogen-bond donors (Lipinski definition) is 3. The highest BCUT2D eigenvalue weighted by Gasteiger charge is 2.00. The van der Waals surface area contributed by atoms with Gasteiger partial charge in [0, 0.05) is 19.3 Å². The van der Waals surface area contributed by atoms with Crippen molar-refractivity contribution in [3.8, 4) is 0 Å². The van der Waals surface area contributed by atoms with Gasteiger partial charge >= 0.3 is 6.09 Å². The number of aliphatic imine (C=N–C) groups is 1. The van der Waals surface area contributed by atoms with Gasteiger partial charge in [-0.3, -0.25) is 10.3 Å². The number of amides is 1. The number of nitrogens with zero attached hydrogens (tertiary/aromatic N) is 1. The third-order valence-corrected chi connectivity index (χ3v) is 2.10. The average Bonchev–Trinajstić information content (AvgIpc) is 2.37. The molecule has 0 unspecified atom stereocenters. The van der Waals surface area contributed by atoms with Gasteiger partial charge in [0.05, 0.1) is 7.11 Å². The number of nitrogens with one attached hydrogen (secondary N) is 2. The van der Waals surface area contributed by atoms with E-state index in [1.54, 1.807) is 19.2 Å². The summed E-state index contributed by atoms with van der Waals surface area (Å²) in [6.45, 7) is 0.585. The van der Waals surface area contributed by atoms with E-state index in [0.717, 1.165) is 5.56 Å². The van der Waals surface area contributed by atoms with E-state index in [1.807, 2.05) is 12.1 Å². The Hall–Kier alpha value is -2.24. The Morgan fingerprint density at radius 1 is 1.41 bits per heavy atom. The van der Waals surface area contributed by atoms with Gasteiger partial charge in [0.25, 0.3) is 0 Å². The Morgan fingerprint density at radius 3 is 2.59 bits per heavy atom. The van der Waals surface area contributed by atoms with Gasteiger partial charge in [-0.15, -0.1) is 0 Å². The second-order valence-electron chi connectivity index (χ2n) is 3.28. The van der Waals surface area contributed by atoms with Gasteiger partial charge in [-0.2, -0.15) is 0 Å². The molecule has 0 saturated carbocycles. The molecule has 92 valence electrons. The molecule has 0 aliphatic heterocycles. The number of anilines is 1. The first-order chi connectivity index (χ1) is 8.15. The molecule has 0 fully saturated rings. The fourth-order valence-electron chi connectivity index (χ4n) is 1.15. The standard InChI is InChI=1S/C11H16N4O2/c1-13-10(12)14-7-8-3-5-9(6-4-8)15-11(16)17-2/h3-6H,7H2,1-2H3,(H,15,16)(H3,12,13,14). The largest absolute Gasteiger partial charge is 0.453 e. The van der Waals surface area contributed by atoms with Gasteiger partial charge in [0.1, 0.15) is 0 Å². The third kappa shape index (κ3) is 4.42. The number of ether oxygens (including phenoxy) is 1. The molecular weight excluding hydrogens is 220 g/mol. The summed E-state index contributed by atoms with van der Waals surface area (Å²) in [6.07, 6.45) is -0.488. The molecule has 0 aliphatic carbocycles. The third-order valence-electron chi connectivity index (χ3n) is 2.10. The van der Waals surface area contributed by atoms with Crippen LogP contribution in [0.5, 0.6) is 0 Å². The lowest BCUT2D eigenvalue weighted by molar-refractivity contribution is 0.187. The summed E-state index contributed by atoms with van der Waals surface area (Å²) in [4.78, 5) is 14.7. The first-order valence-corrected chi connectivity index (χ1v) is 5.05. The molecule has 0 aromatic heterocycles. The van der Waals surface area contributed by atoms with E-state index in [-0.39, 0.29) is 0 Å². The van der Waals surface area contributed by atoms with Gasteiger partial charge < -0.3 is 15.8 Å². The predicted octanol–water partition coefficient (Wildman–Crippen LogP) is 0.899. The summed E-state index contributed by atoms with van der Waals surface area (Å²) in [5.74, 6) is 0.391. The van der Waals surface area contributed by atoms with Crippen molar-refractivity contribution >= 4 is 17.7 Å². The second-order valence-corrected chi connectivity index (χ2v) is 3.28. The molecule has 0 spiro atoms. The monoisotopic (exact) mass is 236 g/mol. The minimum atomic E-state index is -0.488. The molecule has 0 radical (unpaired) electrons. The lowest BCUT2D eigenvalue weighted by atomic mass is 10.2. The van der Waals surface area contributed by atoms with Crippen molar-refractivity contribution in [2.45, 2.75) is 6.54 Å². The van der Waals surface area contributed by atoms with Crippen molar-refractivity contribution in [3.63, 3.8) is 0 Å². The molecular formula is C11H16N4O2. The zero-order valence-electron chi connectivity index (χ0n) is 9.86. The van der Waals surface area contributed by atoms with Crippen molar-refractivity contribution < 1.29 is 9.53 Å². The van der Waals surface area contributed by atoms with E-state index in [0.29, 0.717) is 18.2 Å². The Balaban J connectivity index is 2.53. The summed E-state index contributed by atoms with van der Waals surface area (Å²) in [7, 11) is 2.94. The first kappa shape index (κ1) is 12.8. The topological polar surface area (TPSA) is 88.7 Å². The van der Waals surface area contributed by atoms with Crippen molar-refractivity contribution in [1.82, 2.24) is 5.32 Å². The highest BCUT2D eigenvalue weighted by molar-refractivity contribution is 5.84. The maximum absolute atomic E-state index is 10.9. The lowest BCUT2D eigenvalue weighted by Gasteiger charge is -2.07. The molecule has 1 rings (SSSR count). The minimum absolute atomic E-state index is 0.391. The fraction of sp³-hybridized carbons (Fsp3) is 0.273. The highest BCUT2D eigenvalue weighted by Crippen LogP contribution is 2.09. The second kappa shape index (κ2) is 6.37. The quantitative estimate of drug-likeness (QED) is 0.537. The summed E-state index contributed by atoms with van der Waals surface area (Å²) in [5, 5.41) is 5.50. The van der Waals surface area contributed by atoms with Gasteiger partial charge in [-0.1, -0.05) is 12.1 Å². The van der Waals surface area contributed by atoms with Gasteiger partial charge in [-0.25, -0.2) is 4.79 Å². The number of benzene rings is 1. The molecule has 0 heterocycles. The van der Waals surface area contributed by atoms with Crippen LogP contribution in [0.4, 0.5) is 10.5 Å². The number of guanidine groups is 1.